The molecule has 0 aromatic heterocycles. The number of ether oxygens (including phenoxy) is 1. The summed E-state index contributed by atoms with van der Waals surface area (Å²) in [5, 5.41) is 1.89. The Labute approximate surface area is 189 Å². The van der Waals surface area contributed by atoms with E-state index >= 15 is 0 Å². The van der Waals surface area contributed by atoms with Gasteiger partial charge in [0.15, 0.2) is 0 Å². The molecule has 4 aliphatic rings. The second-order valence-corrected chi connectivity index (χ2v) is 8.08. The van der Waals surface area contributed by atoms with E-state index in [1.165, 1.54) is 39.0 Å². The van der Waals surface area contributed by atoms with Crippen molar-refractivity contribution in [2.24, 2.45) is 5.92 Å². The predicted molar refractivity (Wildman–Crippen MR) is 126 cm³/mol. The Morgan fingerprint density at radius 2 is 1.83 bits per heavy atom. The Kier molecular flexibility index (Phi) is 6.16. The lowest BCUT2D eigenvalue weighted by atomic mass is 9.79. The van der Waals surface area contributed by atoms with Crippen LogP contribution in [0, 0.1) is 5.92 Å². The maximum absolute atomic E-state index is 5.88. The lowest BCUT2D eigenvalue weighted by molar-refractivity contribution is -0.132. The zero-order chi connectivity index (χ0) is 19.8. The molecular weight excluding hydrogens is 438 g/mol. The number of fused-ring (bicyclic) bond motifs is 1. The minimum Gasteiger partial charge on any atom is -0.480 e. The van der Waals surface area contributed by atoms with E-state index in [1.54, 1.807) is 14.2 Å². The second kappa shape index (κ2) is 8.83. The molecule has 1 aromatic rings. The summed E-state index contributed by atoms with van der Waals surface area (Å²) >= 11 is 0. The summed E-state index contributed by atoms with van der Waals surface area (Å²) in [5.74, 6) is 1.36. The van der Waals surface area contributed by atoms with Crippen LogP contribution in [0.15, 0.2) is 100 Å². The number of nitrogens with zero attached hydrogens (tertiary/aromatic N) is 1. The number of hydrogen-bond acceptors (Lipinski definition) is 3. The van der Waals surface area contributed by atoms with E-state index in [2.05, 4.69) is 60.7 Å². The molecule has 0 fully saturated rings. The van der Waals surface area contributed by atoms with Gasteiger partial charge in [-0.15, -0.1) is 17.0 Å². The van der Waals surface area contributed by atoms with Crippen molar-refractivity contribution >= 4 is 17.0 Å². The fourth-order valence-electron chi connectivity index (χ4n) is 5.02. The third-order valence-corrected chi connectivity index (χ3v) is 6.35. The van der Waals surface area contributed by atoms with Crippen LogP contribution in [-0.4, -0.2) is 25.8 Å². The molecule has 1 atom stereocenters. The van der Waals surface area contributed by atoms with Gasteiger partial charge in [0.25, 0.3) is 0 Å². The second-order valence-electron chi connectivity index (χ2n) is 8.08. The molecule has 0 N–H and O–H groups in total. The number of methoxy groups -OCH3 is 1. The minimum atomic E-state index is 0. The molecule has 1 aliphatic heterocycles. The average Bonchev–Trinajstić information content (AvgIpc) is 2.93. The van der Waals surface area contributed by atoms with Gasteiger partial charge in [-0.1, -0.05) is 66.3 Å². The number of hydrogen-bond donors (Lipinski definition) is 0. The summed E-state index contributed by atoms with van der Waals surface area (Å²) in [4.78, 5) is 5.68. The molecule has 0 saturated heterocycles. The lowest BCUT2D eigenvalue weighted by Gasteiger charge is -2.35. The third kappa shape index (κ3) is 3.63. The van der Waals surface area contributed by atoms with Crippen molar-refractivity contribution < 1.29 is 9.57 Å². The molecule has 0 bridgehead atoms. The first-order valence-corrected chi connectivity index (χ1v) is 10.4. The molecule has 3 aliphatic carbocycles. The largest absolute Gasteiger partial charge is 0.480 e. The molecular formula is C26H28BrNO2. The topological polar surface area (TPSA) is 21.7 Å². The van der Waals surface area contributed by atoms with E-state index in [-0.39, 0.29) is 17.0 Å². The molecule has 1 heterocycles. The van der Waals surface area contributed by atoms with Crippen molar-refractivity contribution in [3.63, 3.8) is 0 Å². The number of halogens is 1. The molecule has 1 unspecified atom stereocenters. The van der Waals surface area contributed by atoms with E-state index in [0.29, 0.717) is 5.92 Å². The molecule has 3 nitrogen and oxygen atoms in total. The van der Waals surface area contributed by atoms with Crippen LogP contribution in [0.1, 0.15) is 24.8 Å². The van der Waals surface area contributed by atoms with Crippen molar-refractivity contribution in [1.82, 2.24) is 5.06 Å². The summed E-state index contributed by atoms with van der Waals surface area (Å²) in [5.41, 5.74) is 9.51. The van der Waals surface area contributed by atoms with Crippen LogP contribution in [-0.2, 0) is 16.0 Å². The molecule has 4 heteroatoms. The van der Waals surface area contributed by atoms with E-state index in [4.69, 9.17) is 9.57 Å². The van der Waals surface area contributed by atoms with E-state index in [1.807, 2.05) is 5.06 Å². The fourth-order valence-corrected chi connectivity index (χ4v) is 5.02. The van der Waals surface area contributed by atoms with Crippen molar-refractivity contribution in [2.75, 3.05) is 20.8 Å². The quantitative estimate of drug-likeness (QED) is 0.543. The number of allylic oxidation sites excluding steroid dienone is 10. The lowest BCUT2D eigenvalue weighted by Crippen LogP contribution is -2.32. The zero-order valence-electron chi connectivity index (χ0n) is 17.6. The van der Waals surface area contributed by atoms with Crippen molar-refractivity contribution in [2.45, 2.75) is 25.7 Å². The number of rotatable bonds is 4. The highest BCUT2D eigenvalue weighted by atomic mass is 79.9. The maximum atomic E-state index is 5.88. The van der Waals surface area contributed by atoms with Crippen molar-refractivity contribution in [3.8, 4) is 0 Å². The monoisotopic (exact) mass is 465 g/mol. The predicted octanol–water partition coefficient (Wildman–Crippen LogP) is 6.00. The molecule has 0 saturated carbocycles. The Morgan fingerprint density at radius 3 is 2.60 bits per heavy atom. The summed E-state index contributed by atoms with van der Waals surface area (Å²) in [6.07, 6.45) is 15.8. The van der Waals surface area contributed by atoms with Gasteiger partial charge in [-0.05, 0) is 59.5 Å². The number of hydroxylamine groups is 2. The molecule has 0 spiro atoms. The van der Waals surface area contributed by atoms with Crippen LogP contribution in [0.5, 0.6) is 0 Å². The van der Waals surface area contributed by atoms with Crippen LogP contribution in [0.4, 0.5) is 0 Å². The zero-order valence-corrected chi connectivity index (χ0v) is 19.3. The molecule has 5 rings (SSSR count). The van der Waals surface area contributed by atoms with Crippen LogP contribution in [0.25, 0.3) is 0 Å². The summed E-state index contributed by atoms with van der Waals surface area (Å²) in [6.45, 7) is 0.753. The molecule has 0 radical (unpaired) electrons. The molecule has 1 aromatic carbocycles. The van der Waals surface area contributed by atoms with Gasteiger partial charge >= 0.3 is 0 Å². The fraction of sp³-hybridized carbons (Fsp3) is 0.308. The van der Waals surface area contributed by atoms with Gasteiger partial charge in [-0.2, -0.15) is 0 Å². The van der Waals surface area contributed by atoms with Crippen LogP contribution < -0.4 is 0 Å². The highest BCUT2D eigenvalue weighted by molar-refractivity contribution is 8.93. The Balaban J connectivity index is 0.00000218. The normalized spacial score (nSPS) is 22.3. The van der Waals surface area contributed by atoms with Crippen LogP contribution >= 0.6 is 17.0 Å². The standard InChI is InChI=1S/C26H27NO2.BrH/c1-28-26-25-23-14-11-19(15-18-7-4-3-5-8-18)16-21(23)13-12-20-9-6-10-22(24(20)25)17-27(26)29-2;/h3-9,11-12,14,19H,10,13,15-17H2,1-2H3;1H. The van der Waals surface area contributed by atoms with Crippen LogP contribution in [0.3, 0.4) is 0 Å². The Hall–Kier alpha value is -2.30. The smallest absolute Gasteiger partial charge is 0.222 e. The molecule has 30 heavy (non-hydrogen) atoms. The van der Waals surface area contributed by atoms with Crippen molar-refractivity contribution in [1.29, 1.82) is 0 Å². The molecule has 0 amide bonds. The first-order chi connectivity index (χ1) is 14.3. The first-order valence-electron chi connectivity index (χ1n) is 10.4. The van der Waals surface area contributed by atoms with Gasteiger partial charge in [0.1, 0.15) is 0 Å². The Bertz CT molecular complexity index is 1010. The highest BCUT2D eigenvalue weighted by Gasteiger charge is 2.35. The van der Waals surface area contributed by atoms with E-state index < -0.39 is 0 Å². The van der Waals surface area contributed by atoms with E-state index in [0.717, 1.165) is 38.1 Å². The summed E-state index contributed by atoms with van der Waals surface area (Å²) in [6, 6.07) is 10.8. The molecule has 156 valence electrons. The number of benzene rings is 1. The maximum Gasteiger partial charge on any atom is 0.222 e. The van der Waals surface area contributed by atoms with Crippen molar-refractivity contribution in [3.05, 3.63) is 106 Å². The summed E-state index contributed by atoms with van der Waals surface area (Å²) in [7, 11) is 3.47. The van der Waals surface area contributed by atoms with Gasteiger partial charge < -0.3 is 4.74 Å². The van der Waals surface area contributed by atoms with Crippen LogP contribution in [0.2, 0.25) is 0 Å². The van der Waals surface area contributed by atoms with Gasteiger partial charge in [0.05, 0.1) is 26.3 Å². The first kappa shape index (κ1) is 21.0. The average molecular weight is 466 g/mol. The Morgan fingerprint density at radius 1 is 1.00 bits per heavy atom. The van der Waals surface area contributed by atoms with Gasteiger partial charge in [0, 0.05) is 0 Å². The summed E-state index contributed by atoms with van der Waals surface area (Å²) < 4.78 is 5.88. The highest BCUT2D eigenvalue weighted by Crippen LogP contribution is 2.46. The van der Waals surface area contributed by atoms with Gasteiger partial charge in [-0.25, -0.2) is 5.06 Å². The third-order valence-electron chi connectivity index (χ3n) is 6.35. The van der Waals surface area contributed by atoms with E-state index in [9.17, 15) is 0 Å². The van der Waals surface area contributed by atoms with Gasteiger partial charge in [0.2, 0.25) is 5.88 Å². The SMILES string of the molecule is Br.COC1=C2C3=C(CC=C4C=CCC(=C42)CN1OC)CC(Cc1ccccc1)C=C3. The van der Waals surface area contributed by atoms with Gasteiger partial charge in [-0.3, -0.25) is 4.84 Å². The minimum absolute atomic E-state index is 0.